The molecule has 5 rings (SSSR count). The molecular weight excluding hydrogens is 595 g/mol. The van der Waals surface area contributed by atoms with E-state index in [4.69, 9.17) is 0 Å². The molecule has 1 aliphatic heterocycles. The number of halogens is 3. The zero-order valence-corrected chi connectivity index (χ0v) is 24.4. The summed E-state index contributed by atoms with van der Waals surface area (Å²) in [5.41, 5.74) is 6.89. The van der Waals surface area contributed by atoms with Crippen molar-refractivity contribution in [1.29, 1.82) is 0 Å². The van der Waals surface area contributed by atoms with Crippen LogP contribution in [0.15, 0.2) is 83.2 Å². The number of nitrogens with zero attached hydrogens (tertiary/aromatic N) is 6. The molecule has 0 saturated carbocycles. The van der Waals surface area contributed by atoms with Gasteiger partial charge in [-0.15, -0.1) is 18.3 Å². The monoisotopic (exact) mass is 621 g/mol. The minimum Gasteiger partial charge on any atom is -0.406 e. The number of hydrazone groups is 1. The first-order chi connectivity index (χ1) is 21.1. The smallest absolute Gasteiger partial charge is 0.406 e. The standard InChI is InChI=1S/C30H26F3N7O3S/c1-3-5-21-9-8-19(2)14-25(21)40-26(41)17-44-29(40)36-28(42)37-35-16-20-6-4-7-22(15-20)27-34-18-39(38-27)23-10-12-24(13-11-23)43-30(31,32)33/h4,6-16,18H,3,5,17H2,1-2H3,(H,37,42)/b35-16+,36-29-. The maximum Gasteiger partial charge on any atom is 0.573 e. The number of thioether (sulfide) groups is 1. The van der Waals surface area contributed by atoms with Crippen molar-refractivity contribution in [3.63, 3.8) is 0 Å². The van der Waals surface area contributed by atoms with Crippen molar-refractivity contribution >= 4 is 40.8 Å². The number of nitrogens with one attached hydrogen (secondary N) is 1. The van der Waals surface area contributed by atoms with Crippen molar-refractivity contribution in [1.82, 2.24) is 20.2 Å². The summed E-state index contributed by atoms with van der Waals surface area (Å²) in [5, 5.41) is 8.69. The van der Waals surface area contributed by atoms with E-state index in [0.717, 1.165) is 29.7 Å². The number of amidine groups is 1. The number of aromatic nitrogens is 3. The summed E-state index contributed by atoms with van der Waals surface area (Å²) < 4.78 is 42.6. The molecule has 1 saturated heterocycles. The van der Waals surface area contributed by atoms with Crippen LogP contribution in [-0.2, 0) is 11.2 Å². The number of urea groups is 1. The minimum absolute atomic E-state index is 0.145. The molecule has 226 valence electrons. The third-order valence-electron chi connectivity index (χ3n) is 6.31. The largest absolute Gasteiger partial charge is 0.573 e. The van der Waals surface area contributed by atoms with Gasteiger partial charge in [0.2, 0.25) is 5.91 Å². The Balaban J connectivity index is 1.25. The number of alkyl halides is 3. The quantitative estimate of drug-likeness (QED) is 0.183. The number of carbonyl (C=O) groups excluding carboxylic acids is 2. The first-order valence-corrected chi connectivity index (χ1v) is 14.4. The van der Waals surface area contributed by atoms with Gasteiger partial charge in [0, 0.05) is 5.56 Å². The number of rotatable bonds is 8. The summed E-state index contributed by atoms with van der Waals surface area (Å²) in [6, 6.07) is 17.5. The highest BCUT2D eigenvalue weighted by Crippen LogP contribution is 2.31. The van der Waals surface area contributed by atoms with Crippen molar-refractivity contribution < 1.29 is 27.5 Å². The fraction of sp³-hybridized carbons (Fsp3) is 0.200. The van der Waals surface area contributed by atoms with E-state index in [1.54, 1.807) is 24.3 Å². The summed E-state index contributed by atoms with van der Waals surface area (Å²) in [7, 11) is 0. The lowest BCUT2D eigenvalue weighted by atomic mass is 10.0. The van der Waals surface area contributed by atoms with Crippen molar-refractivity contribution in [3.8, 4) is 22.8 Å². The van der Waals surface area contributed by atoms with Gasteiger partial charge in [-0.2, -0.15) is 10.1 Å². The van der Waals surface area contributed by atoms with Crippen LogP contribution in [0.1, 0.15) is 30.0 Å². The van der Waals surface area contributed by atoms with E-state index in [1.807, 2.05) is 25.1 Å². The van der Waals surface area contributed by atoms with Gasteiger partial charge in [-0.3, -0.25) is 9.69 Å². The van der Waals surface area contributed by atoms with E-state index >= 15 is 0 Å². The highest BCUT2D eigenvalue weighted by Gasteiger charge is 2.32. The Morgan fingerprint density at radius 1 is 1.14 bits per heavy atom. The van der Waals surface area contributed by atoms with Gasteiger partial charge in [-0.1, -0.05) is 55.4 Å². The van der Waals surface area contributed by atoms with Crippen LogP contribution in [0.3, 0.4) is 0 Å². The van der Waals surface area contributed by atoms with E-state index in [9.17, 15) is 22.8 Å². The second-order valence-corrected chi connectivity index (χ2v) is 10.6. The highest BCUT2D eigenvalue weighted by molar-refractivity contribution is 8.15. The van der Waals surface area contributed by atoms with E-state index in [0.29, 0.717) is 22.6 Å². The molecule has 0 bridgehead atoms. The molecule has 0 radical (unpaired) electrons. The Kier molecular flexibility index (Phi) is 9.09. The van der Waals surface area contributed by atoms with Crippen LogP contribution in [0.25, 0.3) is 17.1 Å². The van der Waals surface area contributed by atoms with Crippen LogP contribution in [0.4, 0.5) is 23.7 Å². The van der Waals surface area contributed by atoms with Crippen LogP contribution < -0.4 is 15.1 Å². The lowest BCUT2D eigenvalue weighted by molar-refractivity contribution is -0.274. The topological polar surface area (TPSA) is 114 Å². The first kappa shape index (κ1) is 30.5. The number of anilines is 1. The lowest BCUT2D eigenvalue weighted by Gasteiger charge is -2.20. The molecule has 0 aliphatic carbocycles. The molecule has 1 aromatic heterocycles. The average molecular weight is 622 g/mol. The molecule has 3 aromatic carbocycles. The normalized spacial score (nSPS) is 14.5. The fourth-order valence-electron chi connectivity index (χ4n) is 4.40. The summed E-state index contributed by atoms with van der Waals surface area (Å²) in [4.78, 5) is 35.2. The van der Waals surface area contributed by atoms with E-state index in [2.05, 4.69) is 37.3 Å². The second kappa shape index (κ2) is 13.1. The second-order valence-electron chi connectivity index (χ2n) is 9.65. The van der Waals surface area contributed by atoms with Crippen LogP contribution in [-0.4, -0.2) is 50.2 Å². The molecular formula is C30H26F3N7O3S. The molecule has 0 unspecified atom stereocenters. The maximum absolute atomic E-state index is 12.7. The molecule has 1 aliphatic rings. The van der Waals surface area contributed by atoms with Crippen molar-refractivity contribution in [2.75, 3.05) is 10.7 Å². The third-order valence-corrected chi connectivity index (χ3v) is 7.23. The van der Waals surface area contributed by atoms with Crippen LogP contribution >= 0.6 is 11.8 Å². The SMILES string of the molecule is CCCc1ccc(C)cc1N1C(=O)CS/C1=N\C(=O)N/N=C/c1cccc(-c2ncn(-c3ccc(OC(F)(F)F)cc3)n2)c1. The number of amides is 3. The van der Waals surface area contributed by atoms with Gasteiger partial charge in [0.05, 0.1) is 23.3 Å². The number of aliphatic imine (C=N–C) groups is 1. The number of hydrogen-bond donors (Lipinski definition) is 1. The molecule has 0 atom stereocenters. The molecule has 14 heteroatoms. The zero-order valence-electron chi connectivity index (χ0n) is 23.6. The summed E-state index contributed by atoms with van der Waals surface area (Å²) in [5.74, 6) is 0.0667. The number of carbonyl (C=O) groups is 2. The molecule has 3 amide bonds. The number of aryl methyl sites for hydroxylation is 2. The average Bonchev–Trinajstić information content (AvgIpc) is 3.61. The molecule has 44 heavy (non-hydrogen) atoms. The maximum atomic E-state index is 12.7. The zero-order chi connectivity index (χ0) is 31.3. The highest BCUT2D eigenvalue weighted by atomic mass is 32.2. The van der Waals surface area contributed by atoms with Gasteiger partial charge < -0.3 is 4.74 Å². The first-order valence-electron chi connectivity index (χ1n) is 13.4. The Morgan fingerprint density at radius 2 is 1.93 bits per heavy atom. The van der Waals surface area contributed by atoms with Gasteiger partial charge in [-0.05, 0) is 66.4 Å². The van der Waals surface area contributed by atoms with Gasteiger partial charge in [0.25, 0.3) is 0 Å². The Labute approximate surface area is 254 Å². The van der Waals surface area contributed by atoms with E-state index in [1.165, 1.54) is 58.2 Å². The molecule has 0 spiro atoms. The fourth-order valence-corrected chi connectivity index (χ4v) is 5.26. The van der Waals surface area contributed by atoms with Gasteiger partial charge in [0.15, 0.2) is 11.0 Å². The molecule has 10 nitrogen and oxygen atoms in total. The van der Waals surface area contributed by atoms with E-state index < -0.39 is 12.4 Å². The molecule has 4 aromatic rings. The van der Waals surface area contributed by atoms with Crippen LogP contribution in [0.5, 0.6) is 5.75 Å². The van der Waals surface area contributed by atoms with Gasteiger partial charge >= 0.3 is 12.4 Å². The minimum atomic E-state index is -4.77. The summed E-state index contributed by atoms with van der Waals surface area (Å²) in [6.07, 6.45) is -0.209. The van der Waals surface area contributed by atoms with E-state index in [-0.39, 0.29) is 22.6 Å². The summed E-state index contributed by atoms with van der Waals surface area (Å²) in [6.45, 7) is 4.01. The number of ether oxygens (including phenoxy) is 1. The molecule has 2 heterocycles. The van der Waals surface area contributed by atoms with Crippen LogP contribution in [0.2, 0.25) is 0 Å². The van der Waals surface area contributed by atoms with Gasteiger partial charge in [0.1, 0.15) is 12.1 Å². The van der Waals surface area contributed by atoms with Crippen molar-refractivity contribution in [2.45, 2.75) is 33.1 Å². The predicted octanol–water partition coefficient (Wildman–Crippen LogP) is 6.27. The number of benzene rings is 3. The van der Waals surface area contributed by atoms with Crippen LogP contribution in [0, 0.1) is 6.92 Å². The Hall–Kier alpha value is -4.98. The van der Waals surface area contributed by atoms with Crippen molar-refractivity contribution in [2.24, 2.45) is 10.1 Å². The predicted molar refractivity (Wildman–Crippen MR) is 162 cm³/mol. The Bertz CT molecular complexity index is 1740. The lowest BCUT2D eigenvalue weighted by Crippen LogP contribution is -2.31. The van der Waals surface area contributed by atoms with Crippen molar-refractivity contribution in [3.05, 3.63) is 89.7 Å². The number of hydrogen-bond acceptors (Lipinski definition) is 7. The van der Waals surface area contributed by atoms with Gasteiger partial charge in [-0.25, -0.2) is 19.9 Å². The molecule has 1 N–H and O–H groups in total. The Morgan fingerprint density at radius 3 is 2.68 bits per heavy atom. The third kappa shape index (κ3) is 7.50. The summed E-state index contributed by atoms with van der Waals surface area (Å²) >= 11 is 1.19. The molecule has 1 fully saturated rings.